The average molecular weight is 221 g/mol. The van der Waals surface area contributed by atoms with Crippen molar-refractivity contribution >= 4 is 20.4 Å². The summed E-state index contributed by atoms with van der Waals surface area (Å²) >= 11 is 0. The molecule has 0 spiro atoms. The largest absolute Gasteiger partial charge is 0.479 e. The molecular formula is C6H10BO8. The van der Waals surface area contributed by atoms with Gasteiger partial charge in [0.2, 0.25) is 0 Å². The third-order valence-electron chi connectivity index (χ3n) is 1.50. The maximum Gasteiger partial charge on any atom is 0.335 e. The van der Waals surface area contributed by atoms with Gasteiger partial charge in [-0.15, -0.1) is 0 Å². The quantitative estimate of drug-likeness (QED) is 0.258. The van der Waals surface area contributed by atoms with E-state index in [1.165, 1.54) is 0 Å². The van der Waals surface area contributed by atoms with Gasteiger partial charge < -0.3 is 30.6 Å². The SMILES string of the molecule is O=C(O)C(O)C(O)C(O)C(O)C(=O)O.[B]. The maximum absolute atomic E-state index is 10.1. The van der Waals surface area contributed by atoms with E-state index in [2.05, 4.69) is 0 Å². The van der Waals surface area contributed by atoms with Gasteiger partial charge in [-0.25, -0.2) is 9.59 Å². The van der Waals surface area contributed by atoms with E-state index >= 15 is 0 Å². The molecule has 0 rings (SSSR count). The molecule has 4 unspecified atom stereocenters. The highest BCUT2D eigenvalue weighted by molar-refractivity contribution is 5.75. The molecule has 0 aliphatic carbocycles. The summed E-state index contributed by atoms with van der Waals surface area (Å²) in [7, 11) is 0. The summed E-state index contributed by atoms with van der Waals surface area (Å²) in [6.07, 6.45) is -9.28. The van der Waals surface area contributed by atoms with Crippen LogP contribution >= 0.6 is 0 Å². The van der Waals surface area contributed by atoms with Crippen molar-refractivity contribution in [3.05, 3.63) is 0 Å². The van der Waals surface area contributed by atoms with Crippen molar-refractivity contribution < 1.29 is 40.2 Å². The third kappa shape index (κ3) is 4.25. The van der Waals surface area contributed by atoms with E-state index in [4.69, 9.17) is 30.6 Å². The molecule has 0 aromatic carbocycles. The molecule has 0 aromatic rings. The number of carboxylic acid groups (broad SMARTS) is 2. The van der Waals surface area contributed by atoms with Gasteiger partial charge in [0.25, 0.3) is 0 Å². The van der Waals surface area contributed by atoms with Gasteiger partial charge in [-0.3, -0.25) is 0 Å². The maximum atomic E-state index is 10.1. The summed E-state index contributed by atoms with van der Waals surface area (Å²) in [5, 5.41) is 51.5. The topological polar surface area (TPSA) is 156 Å². The first-order valence-corrected chi connectivity index (χ1v) is 3.47. The van der Waals surface area contributed by atoms with E-state index in [0.29, 0.717) is 0 Å². The Labute approximate surface area is 86.0 Å². The van der Waals surface area contributed by atoms with E-state index in [1.807, 2.05) is 0 Å². The van der Waals surface area contributed by atoms with Crippen LogP contribution in [0.25, 0.3) is 0 Å². The second kappa shape index (κ2) is 6.35. The molecule has 0 saturated heterocycles. The lowest BCUT2D eigenvalue weighted by Gasteiger charge is -2.21. The van der Waals surface area contributed by atoms with Crippen LogP contribution in [-0.4, -0.2) is 75.4 Å². The van der Waals surface area contributed by atoms with Crippen molar-refractivity contribution in [3.63, 3.8) is 0 Å². The highest BCUT2D eigenvalue weighted by atomic mass is 16.4. The van der Waals surface area contributed by atoms with Gasteiger partial charge in [-0.1, -0.05) is 0 Å². The minimum Gasteiger partial charge on any atom is -0.479 e. The molecule has 0 saturated carbocycles. The Morgan fingerprint density at radius 1 is 0.733 bits per heavy atom. The number of aliphatic hydroxyl groups excluding tert-OH is 4. The van der Waals surface area contributed by atoms with Gasteiger partial charge in [-0.2, -0.15) is 0 Å². The highest BCUT2D eigenvalue weighted by Crippen LogP contribution is 2.05. The number of aliphatic hydroxyl groups is 4. The lowest BCUT2D eigenvalue weighted by Crippen LogP contribution is -2.49. The summed E-state index contributed by atoms with van der Waals surface area (Å²) in [4.78, 5) is 20.2. The van der Waals surface area contributed by atoms with Crippen molar-refractivity contribution in [2.45, 2.75) is 24.4 Å². The zero-order valence-corrected chi connectivity index (χ0v) is 7.39. The fourth-order valence-electron chi connectivity index (χ4n) is 0.666. The van der Waals surface area contributed by atoms with Crippen LogP contribution in [0.1, 0.15) is 0 Å². The van der Waals surface area contributed by atoms with Crippen LogP contribution in [0.2, 0.25) is 0 Å². The Balaban J connectivity index is 0. The first-order chi connectivity index (χ1) is 6.29. The molecule has 0 amide bonds. The van der Waals surface area contributed by atoms with Crippen LogP contribution in [0.4, 0.5) is 0 Å². The first-order valence-electron chi connectivity index (χ1n) is 3.47. The van der Waals surface area contributed by atoms with Gasteiger partial charge >= 0.3 is 11.9 Å². The van der Waals surface area contributed by atoms with Crippen LogP contribution in [0.3, 0.4) is 0 Å². The standard InChI is InChI=1S/C6H10O8.B/c7-1(3(9)5(11)12)2(8)4(10)6(13)14;/h1-4,7-10H,(H,11,12)(H,13,14);. The molecule has 8 nitrogen and oxygen atoms in total. The Bertz CT molecular complexity index is 207. The molecule has 9 heteroatoms. The Hall–Kier alpha value is -1.16. The van der Waals surface area contributed by atoms with Crippen LogP contribution in [0, 0.1) is 0 Å². The van der Waals surface area contributed by atoms with E-state index in [1.54, 1.807) is 0 Å². The summed E-state index contributed by atoms with van der Waals surface area (Å²) in [6.45, 7) is 0. The lowest BCUT2D eigenvalue weighted by molar-refractivity contribution is -0.172. The number of rotatable bonds is 5. The van der Waals surface area contributed by atoms with E-state index < -0.39 is 36.4 Å². The van der Waals surface area contributed by atoms with Gasteiger partial charge in [0.15, 0.2) is 12.2 Å². The number of aliphatic carboxylic acids is 2. The fraction of sp³-hybridized carbons (Fsp3) is 0.667. The monoisotopic (exact) mass is 221 g/mol. The summed E-state index contributed by atoms with van der Waals surface area (Å²) < 4.78 is 0. The van der Waals surface area contributed by atoms with Crippen molar-refractivity contribution in [2.24, 2.45) is 0 Å². The number of carbonyl (C=O) groups is 2. The molecule has 15 heavy (non-hydrogen) atoms. The fourth-order valence-corrected chi connectivity index (χ4v) is 0.666. The molecule has 4 atom stereocenters. The normalized spacial score (nSPS) is 18.1. The molecule has 6 N–H and O–H groups in total. The van der Waals surface area contributed by atoms with E-state index in [9.17, 15) is 9.59 Å². The number of hydrogen-bond acceptors (Lipinski definition) is 6. The molecule has 0 aromatic heterocycles. The average Bonchev–Trinajstić information content (AvgIpc) is 2.12. The predicted molar refractivity (Wildman–Crippen MR) is 45.1 cm³/mol. The van der Waals surface area contributed by atoms with Crippen molar-refractivity contribution in [1.29, 1.82) is 0 Å². The lowest BCUT2D eigenvalue weighted by atomic mass is 10.0. The minimum absolute atomic E-state index is 0. The molecule has 3 radical (unpaired) electrons. The van der Waals surface area contributed by atoms with Gasteiger partial charge in [0.05, 0.1) is 0 Å². The van der Waals surface area contributed by atoms with E-state index in [-0.39, 0.29) is 8.41 Å². The van der Waals surface area contributed by atoms with Crippen LogP contribution in [0.5, 0.6) is 0 Å². The molecule has 0 aliphatic rings. The zero-order chi connectivity index (χ0) is 11.5. The van der Waals surface area contributed by atoms with Gasteiger partial charge in [0.1, 0.15) is 12.2 Å². The molecule has 0 bridgehead atoms. The molecule has 0 fully saturated rings. The summed E-state index contributed by atoms with van der Waals surface area (Å²) in [6, 6.07) is 0. The summed E-state index contributed by atoms with van der Waals surface area (Å²) in [5.41, 5.74) is 0. The molecule has 0 aliphatic heterocycles. The molecule has 0 heterocycles. The van der Waals surface area contributed by atoms with Crippen molar-refractivity contribution in [1.82, 2.24) is 0 Å². The Kier molecular flexibility index (Phi) is 6.89. The predicted octanol–water partition coefficient (Wildman–Crippen LogP) is -3.78. The molecular weight excluding hydrogens is 211 g/mol. The third-order valence-corrected chi connectivity index (χ3v) is 1.50. The van der Waals surface area contributed by atoms with Crippen LogP contribution < -0.4 is 0 Å². The smallest absolute Gasteiger partial charge is 0.335 e. The van der Waals surface area contributed by atoms with Gasteiger partial charge in [0, 0.05) is 8.41 Å². The van der Waals surface area contributed by atoms with Gasteiger partial charge in [-0.05, 0) is 0 Å². The van der Waals surface area contributed by atoms with Crippen molar-refractivity contribution in [2.75, 3.05) is 0 Å². The molecule has 85 valence electrons. The summed E-state index contributed by atoms with van der Waals surface area (Å²) in [5.74, 6) is -3.68. The zero-order valence-electron chi connectivity index (χ0n) is 7.39. The Morgan fingerprint density at radius 2 is 0.933 bits per heavy atom. The Morgan fingerprint density at radius 3 is 1.07 bits per heavy atom. The minimum atomic E-state index is -2.36. The second-order valence-electron chi connectivity index (χ2n) is 2.55. The first kappa shape index (κ1) is 16.3. The highest BCUT2D eigenvalue weighted by Gasteiger charge is 2.37. The second-order valence-corrected chi connectivity index (χ2v) is 2.55. The number of carboxylic acids is 2. The van der Waals surface area contributed by atoms with Crippen LogP contribution in [0.15, 0.2) is 0 Å². The van der Waals surface area contributed by atoms with Crippen molar-refractivity contribution in [3.8, 4) is 0 Å². The van der Waals surface area contributed by atoms with E-state index in [0.717, 1.165) is 0 Å². The van der Waals surface area contributed by atoms with Crippen LogP contribution in [-0.2, 0) is 9.59 Å². The number of hydrogen-bond donors (Lipinski definition) is 6.